The van der Waals surface area contributed by atoms with Crippen molar-refractivity contribution < 1.29 is 5.11 Å². The Bertz CT molecular complexity index is 544. The Morgan fingerprint density at radius 1 is 1.10 bits per heavy atom. The maximum absolute atomic E-state index is 9.66. The van der Waals surface area contributed by atoms with E-state index in [2.05, 4.69) is 58.5 Å². The average Bonchev–Trinajstić information content (AvgIpc) is 2.52. The van der Waals surface area contributed by atoms with Crippen molar-refractivity contribution in [3.8, 4) is 0 Å². The summed E-state index contributed by atoms with van der Waals surface area (Å²) in [7, 11) is 0. The third-order valence-corrected chi connectivity index (χ3v) is 4.13. The molecule has 1 unspecified atom stereocenters. The standard InChI is InChI=1S/C18H22BrNO/c1-2-18(15-9-6-10-16(19)12-15)20-17(13-21)11-14-7-4-3-5-8-14/h3-10,12,17-18,20-21H,2,11,13H2,1H3/t17-,18?/m1/s1. The van der Waals surface area contributed by atoms with Gasteiger partial charge in [-0.2, -0.15) is 0 Å². The van der Waals surface area contributed by atoms with Crippen LogP contribution in [0.4, 0.5) is 0 Å². The fourth-order valence-corrected chi connectivity index (χ4v) is 2.95. The molecule has 3 heteroatoms. The SMILES string of the molecule is CCC(N[C@@H](CO)Cc1ccccc1)c1cccc(Br)c1. The zero-order chi connectivity index (χ0) is 15.1. The maximum Gasteiger partial charge on any atom is 0.0588 e. The highest BCUT2D eigenvalue weighted by Gasteiger charge is 2.15. The molecule has 0 radical (unpaired) electrons. The third-order valence-electron chi connectivity index (χ3n) is 3.64. The quantitative estimate of drug-likeness (QED) is 0.790. The fourth-order valence-electron chi connectivity index (χ4n) is 2.53. The second-order valence-corrected chi connectivity index (χ2v) is 6.17. The average molecular weight is 348 g/mol. The lowest BCUT2D eigenvalue weighted by Crippen LogP contribution is -2.37. The molecule has 0 spiro atoms. The van der Waals surface area contributed by atoms with Gasteiger partial charge in [-0.15, -0.1) is 0 Å². The van der Waals surface area contributed by atoms with Crippen LogP contribution >= 0.6 is 15.9 Å². The van der Waals surface area contributed by atoms with Gasteiger partial charge in [-0.05, 0) is 36.1 Å². The van der Waals surface area contributed by atoms with Crippen LogP contribution in [0.3, 0.4) is 0 Å². The molecule has 0 saturated carbocycles. The number of hydrogen-bond donors (Lipinski definition) is 2. The summed E-state index contributed by atoms with van der Waals surface area (Å²) < 4.78 is 1.09. The molecule has 2 aromatic rings. The largest absolute Gasteiger partial charge is 0.395 e. The summed E-state index contributed by atoms with van der Waals surface area (Å²) in [6, 6.07) is 19.0. The van der Waals surface area contributed by atoms with Crippen molar-refractivity contribution in [1.29, 1.82) is 0 Å². The highest BCUT2D eigenvalue weighted by Crippen LogP contribution is 2.21. The monoisotopic (exact) mass is 347 g/mol. The van der Waals surface area contributed by atoms with Crippen LogP contribution in [0.25, 0.3) is 0 Å². The van der Waals surface area contributed by atoms with Gasteiger partial charge in [-0.25, -0.2) is 0 Å². The lowest BCUT2D eigenvalue weighted by Gasteiger charge is -2.24. The minimum absolute atomic E-state index is 0.0660. The summed E-state index contributed by atoms with van der Waals surface area (Å²) in [6.45, 7) is 2.30. The summed E-state index contributed by atoms with van der Waals surface area (Å²) in [5, 5.41) is 13.2. The van der Waals surface area contributed by atoms with E-state index in [4.69, 9.17) is 0 Å². The van der Waals surface area contributed by atoms with Gasteiger partial charge in [0, 0.05) is 16.6 Å². The number of aliphatic hydroxyl groups excluding tert-OH is 1. The number of benzene rings is 2. The van der Waals surface area contributed by atoms with Crippen molar-refractivity contribution in [2.45, 2.75) is 31.8 Å². The van der Waals surface area contributed by atoms with E-state index in [9.17, 15) is 5.11 Å². The Morgan fingerprint density at radius 2 is 1.86 bits per heavy atom. The van der Waals surface area contributed by atoms with Gasteiger partial charge in [0.1, 0.15) is 0 Å². The Hall–Kier alpha value is -1.16. The Morgan fingerprint density at radius 3 is 2.48 bits per heavy atom. The van der Waals surface area contributed by atoms with E-state index < -0.39 is 0 Å². The van der Waals surface area contributed by atoms with Gasteiger partial charge in [0.2, 0.25) is 0 Å². The molecule has 2 nitrogen and oxygen atoms in total. The lowest BCUT2D eigenvalue weighted by atomic mass is 10.0. The first-order chi connectivity index (χ1) is 10.2. The van der Waals surface area contributed by atoms with E-state index >= 15 is 0 Å². The van der Waals surface area contributed by atoms with Crippen LogP contribution in [0.15, 0.2) is 59.1 Å². The molecule has 21 heavy (non-hydrogen) atoms. The second kappa shape index (κ2) is 8.32. The third kappa shape index (κ3) is 4.95. The van der Waals surface area contributed by atoms with E-state index in [0.29, 0.717) is 0 Å². The Kier molecular flexibility index (Phi) is 6.43. The summed E-state index contributed by atoms with van der Waals surface area (Å²) in [5.74, 6) is 0. The lowest BCUT2D eigenvalue weighted by molar-refractivity contribution is 0.229. The molecule has 0 amide bonds. The summed E-state index contributed by atoms with van der Waals surface area (Å²) in [4.78, 5) is 0. The van der Waals surface area contributed by atoms with Crippen LogP contribution in [0, 0.1) is 0 Å². The topological polar surface area (TPSA) is 32.3 Å². The first kappa shape index (κ1) is 16.2. The molecule has 0 aliphatic carbocycles. The van der Waals surface area contributed by atoms with Crippen LogP contribution in [0.2, 0.25) is 0 Å². The highest BCUT2D eigenvalue weighted by atomic mass is 79.9. The predicted molar refractivity (Wildman–Crippen MR) is 91.3 cm³/mol. The van der Waals surface area contributed by atoms with Crippen molar-refractivity contribution in [2.24, 2.45) is 0 Å². The van der Waals surface area contributed by atoms with Crippen LogP contribution in [0.1, 0.15) is 30.5 Å². The Balaban J connectivity index is 2.05. The first-order valence-electron chi connectivity index (χ1n) is 7.39. The number of hydrogen-bond acceptors (Lipinski definition) is 2. The van der Waals surface area contributed by atoms with Crippen molar-refractivity contribution in [2.75, 3.05) is 6.61 Å². The summed E-state index contributed by atoms with van der Waals surface area (Å²) in [5.41, 5.74) is 2.49. The smallest absolute Gasteiger partial charge is 0.0588 e. The minimum atomic E-state index is 0.0660. The summed E-state index contributed by atoms with van der Waals surface area (Å²) in [6.07, 6.45) is 1.82. The zero-order valence-corrected chi connectivity index (χ0v) is 13.9. The van der Waals surface area contributed by atoms with Gasteiger partial charge < -0.3 is 10.4 Å². The van der Waals surface area contributed by atoms with Gasteiger partial charge in [-0.1, -0.05) is 65.3 Å². The van der Waals surface area contributed by atoms with E-state index in [1.165, 1.54) is 11.1 Å². The molecular weight excluding hydrogens is 326 g/mol. The van der Waals surface area contributed by atoms with Gasteiger partial charge >= 0.3 is 0 Å². The number of nitrogens with one attached hydrogen (secondary N) is 1. The molecule has 0 heterocycles. The summed E-state index contributed by atoms with van der Waals surface area (Å²) >= 11 is 3.52. The van der Waals surface area contributed by atoms with Crippen molar-refractivity contribution >= 4 is 15.9 Å². The first-order valence-corrected chi connectivity index (χ1v) is 8.18. The van der Waals surface area contributed by atoms with E-state index in [1.807, 2.05) is 24.3 Å². The molecule has 0 fully saturated rings. The van der Waals surface area contributed by atoms with Crippen LogP contribution in [-0.4, -0.2) is 17.8 Å². The van der Waals surface area contributed by atoms with Crippen LogP contribution < -0.4 is 5.32 Å². The molecule has 2 N–H and O–H groups in total. The van der Waals surface area contributed by atoms with Crippen molar-refractivity contribution in [1.82, 2.24) is 5.32 Å². The van der Waals surface area contributed by atoms with Gasteiger partial charge in [0.05, 0.1) is 6.61 Å². The molecule has 2 rings (SSSR count). The number of aliphatic hydroxyl groups is 1. The second-order valence-electron chi connectivity index (χ2n) is 5.25. The Labute approximate surface area is 135 Å². The van der Waals surface area contributed by atoms with Gasteiger partial charge in [-0.3, -0.25) is 0 Å². The van der Waals surface area contributed by atoms with Gasteiger partial charge in [0.25, 0.3) is 0 Å². The fraction of sp³-hybridized carbons (Fsp3) is 0.333. The highest BCUT2D eigenvalue weighted by molar-refractivity contribution is 9.10. The van der Waals surface area contributed by atoms with Gasteiger partial charge in [0.15, 0.2) is 0 Å². The number of halogens is 1. The molecule has 0 saturated heterocycles. The van der Waals surface area contributed by atoms with Crippen molar-refractivity contribution in [3.63, 3.8) is 0 Å². The molecule has 0 bridgehead atoms. The molecule has 0 aromatic heterocycles. The molecule has 2 aromatic carbocycles. The molecule has 0 aliphatic rings. The van der Waals surface area contributed by atoms with Crippen molar-refractivity contribution in [3.05, 3.63) is 70.2 Å². The molecule has 2 atom stereocenters. The molecule has 112 valence electrons. The van der Waals surface area contributed by atoms with Crippen LogP contribution in [0.5, 0.6) is 0 Å². The predicted octanol–water partition coefficient (Wildman–Crippen LogP) is 4.09. The van der Waals surface area contributed by atoms with E-state index in [0.717, 1.165) is 17.3 Å². The van der Waals surface area contributed by atoms with E-state index in [-0.39, 0.29) is 18.7 Å². The molecular formula is C18H22BrNO. The normalized spacial score (nSPS) is 13.9. The van der Waals surface area contributed by atoms with E-state index in [1.54, 1.807) is 0 Å². The molecule has 0 aliphatic heterocycles. The maximum atomic E-state index is 9.66. The van der Waals surface area contributed by atoms with Crippen LogP contribution in [-0.2, 0) is 6.42 Å². The minimum Gasteiger partial charge on any atom is -0.395 e. The zero-order valence-electron chi connectivity index (χ0n) is 12.3. The number of rotatable bonds is 7.